The molecule has 0 saturated carbocycles. The fourth-order valence-electron chi connectivity index (χ4n) is 3.25. The van der Waals surface area contributed by atoms with E-state index in [0.29, 0.717) is 36.4 Å². The molecule has 0 N–H and O–H groups in total. The number of halogens is 1. The Labute approximate surface area is 151 Å². The van der Waals surface area contributed by atoms with Gasteiger partial charge in [0.2, 0.25) is 5.89 Å². The Kier molecular flexibility index (Phi) is 4.55. The number of fused-ring (bicyclic) bond motifs is 1. The maximum Gasteiger partial charge on any atom is 0.226 e. The monoisotopic (exact) mass is 356 g/mol. The number of aromatic nitrogens is 3. The van der Waals surface area contributed by atoms with Gasteiger partial charge in [0, 0.05) is 37.1 Å². The van der Waals surface area contributed by atoms with Gasteiger partial charge in [0.25, 0.3) is 0 Å². The molecule has 136 valence electrons. The first-order chi connectivity index (χ1) is 12.6. The highest BCUT2D eigenvalue weighted by atomic mass is 19.1. The number of rotatable bonds is 5. The van der Waals surface area contributed by atoms with Gasteiger partial charge in [-0.05, 0) is 18.1 Å². The van der Waals surface area contributed by atoms with Gasteiger partial charge < -0.3 is 9.05 Å². The van der Waals surface area contributed by atoms with Crippen LogP contribution in [0.4, 0.5) is 4.39 Å². The second-order valence-electron chi connectivity index (χ2n) is 7.11. The lowest BCUT2D eigenvalue weighted by atomic mass is 10.0. The smallest absolute Gasteiger partial charge is 0.226 e. The fraction of sp³-hybridized carbons (Fsp3) is 0.421. The third kappa shape index (κ3) is 3.53. The van der Waals surface area contributed by atoms with Crippen LogP contribution in [0.3, 0.4) is 0 Å². The molecule has 6 nitrogen and oxygen atoms in total. The first kappa shape index (κ1) is 16.9. The molecule has 1 aliphatic rings. The molecule has 1 aliphatic heterocycles. The summed E-state index contributed by atoms with van der Waals surface area (Å²) >= 11 is 0. The van der Waals surface area contributed by atoms with Crippen molar-refractivity contribution in [3.05, 3.63) is 53.1 Å². The molecular weight excluding hydrogens is 335 g/mol. The summed E-state index contributed by atoms with van der Waals surface area (Å²) < 4.78 is 24.3. The zero-order chi connectivity index (χ0) is 18.1. The normalized spacial score (nSPS) is 14.8. The average Bonchev–Trinajstić information content (AvgIpc) is 3.21. The summed E-state index contributed by atoms with van der Waals surface area (Å²) in [5, 5.41) is 8.25. The second-order valence-corrected chi connectivity index (χ2v) is 7.11. The van der Waals surface area contributed by atoms with Crippen LogP contribution in [0, 0.1) is 11.7 Å². The first-order valence-corrected chi connectivity index (χ1v) is 8.85. The Balaban J connectivity index is 1.51. The summed E-state index contributed by atoms with van der Waals surface area (Å²) in [5.41, 5.74) is 2.45. The molecule has 0 aliphatic carbocycles. The molecule has 4 rings (SSSR count). The third-order valence-corrected chi connectivity index (χ3v) is 4.46. The molecule has 0 fully saturated rings. The minimum Gasteiger partial charge on any atom is -0.360 e. The lowest BCUT2D eigenvalue weighted by Crippen LogP contribution is -2.30. The van der Waals surface area contributed by atoms with Crippen LogP contribution in [-0.2, 0) is 25.9 Å². The van der Waals surface area contributed by atoms with Crippen molar-refractivity contribution in [2.75, 3.05) is 6.54 Å². The van der Waals surface area contributed by atoms with Gasteiger partial charge in [0.1, 0.15) is 17.3 Å². The van der Waals surface area contributed by atoms with Crippen LogP contribution in [0.1, 0.15) is 36.9 Å². The van der Waals surface area contributed by atoms with Gasteiger partial charge in [-0.25, -0.2) is 4.39 Å². The average molecular weight is 356 g/mol. The van der Waals surface area contributed by atoms with Gasteiger partial charge in [-0.15, -0.1) is 0 Å². The SMILES string of the molecule is CC(C)Cc1nc(CN2CCc3onc(-c4cccc(F)c4)c3C2)no1. The van der Waals surface area contributed by atoms with Crippen molar-refractivity contribution >= 4 is 0 Å². The van der Waals surface area contributed by atoms with E-state index in [4.69, 9.17) is 9.05 Å². The van der Waals surface area contributed by atoms with E-state index in [0.717, 1.165) is 36.3 Å². The van der Waals surface area contributed by atoms with Crippen molar-refractivity contribution in [1.82, 2.24) is 20.2 Å². The molecule has 3 heterocycles. The Bertz CT molecular complexity index is 903. The maximum atomic E-state index is 13.6. The molecule has 26 heavy (non-hydrogen) atoms. The predicted octanol–water partition coefficient (Wildman–Crippen LogP) is 3.62. The van der Waals surface area contributed by atoms with Crippen LogP contribution < -0.4 is 0 Å². The number of benzene rings is 1. The zero-order valence-corrected chi connectivity index (χ0v) is 14.9. The summed E-state index contributed by atoms with van der Waals surface area (Å²) in [4.78, 5) is 6.70. The van der Waals surface area contributed by atoms with Crippen LogP contribution in [0.5, 0.6) is 0 Å². The molecule has 0 saturated heterocycles. The highest BCUT2D eigenvalue weighted by Gasteiger charge is 2.26. The molecule has 1 aromatic carbocycles. The molecular formula is C19H21FN4O2. The predicted molar refractivity (Wildman–Crippen MR) is 92.6 cm³/mol. The molecule has 0 bridgehead atoms. The largest absolute Gasteiger partial charge is 0.360 e. The van der Waals surface area contributed by atoms with Crippen molar-refractivity contribution < 1.29 is 13.4 Å². The van der Waals surface area contributed by atoms with Gasteiger partial charge >= 0.3 is 0 Å². The van der Waals surface area contributed by atoms with E-state index < -0.39 is 0 Å². The molecule has 0 radical (unpaired) electrons. The van der Waals surface area contributed by atoms with Gasteiger partial charge in [0.05, 0.1) is 6.54 Å². The Morgan fingerprint density at radius 1 is 1.23 bits per heavy atom. The van der Waals surface area contributed by atoms with E-state index in [-0.39, 0.29) is 5.82 Å². The van der Waals surface area contributed by atoms with Crippen LogP contribution in [0.2, 0.25) is 0 Å². The van der Waals surface area contributed by atoms with Gasteiger partial charge in [-0.1, -0.05) is 36.3 Å². The summed E-state index contributed by atoms with van der Waals surface area (Å²) in [6.45, 7) is 6.35. The fourth-order valence-corrected chi connectivity index (χ4v) is 3.25. The van der Waals surface area contributed by atoms with Gasteiger partial charge in [0.15, 0.2) is 5.82 Å². The number of hydrogen-bond donors (Lipinski definition) is 0. The number of hydrogen-bond acceptors (Lipinski definition) is 6. The first-order valence-electron chi connectivity index (χ1n) is 8.85. The van der Waals surface area contributed by atoms with Crippen molar-refractivity contribution in [2.45, 2.75) is 39.8 Å². The van der Waals surface area contributed by atoms with Crippen molar-refractivity contribution in [2.24, 2.45) is 5.92 Å². The highest BCUT2D eigenvalue weighted by molar-refractivity contribution is 5.63. The number of nitrogens with zero attached hydrogens (tertiary/aromatic N) is 4. The summed E-state index contributed by atoms with van der Waals surface area (Å²) in [5.74, 6) is 2.43. The highest BCUT2D eigenvalue weighted by Crippen LogP contribution is 2.30. The van der Waals surface area contributed by atoms with Gasteiger partial charge in [-0.2, -0.15) is 4.98 Å². The maximum absolute atomic E-state index is 13.6. The standard InChI is InChI=1S/C19H21FN4O2/c1-12(2)8-18-21-17(22-26-18)11-24-7-6-16-15(10-24)19(23-25-16)13-4-3-5-14(20)9-13/h3-5,9,12H,6-8,10-11H2,1-2H3. The zero-order valence-electron chi connectivity index (χ0n) is 14.9. The Morgan fingerprint density at radius 2 is 2.12 bits per heavy atom. The van der Waals surface area contributed by atoms with E-state index in [2.05, 4.69) is 34.0 Å². The lowest BCUT2D eigenvalue weighted by molar-refractivity contribution is 0.220. The molecule has 0 atom stereocenters. The second kappa shape index (κ2) is 6.99. The molecule has 0 spiro atoms. The molecule has 2 aromatic heterocycles. The molecule has 0 amide bonds. The van der Waals surface area contributed by atoms with E-state index in [1.165, 1.54) is 12.1 Å². The summed E-state index contributed by atoms with van der Waals surface area (Å²) in [7, 11) is 0. The van der Waals surface area contributed by atoms with E-state index in [9.17, 15) is 4.39 Å². The van der Waals surface area contributed by atoms with Gasteiger partial charge in [-0.3, -0.25) is 4.90 Å². The van der Waals surface area contributed by atoms with Crippen molar-refractivity contribution in [3.8, 4) is 11.3 Å². The molecule has 3 aromatic rings. The quantitative estimate of drug-likeness (QED) is 0.695. The van der Waals surface area contributed by atoms with E-state index in [1.54, 1.807) is 6.07 Å². The third-order valence-electron chi connectivity index (χ3n) is 4.46. The van der Waals surface area contributed by atoms with Crippen molar-refractivity contribution in [3.63, 3.8) is 0 Å². The Morgan fingerprint density at radius 3 is 2.92 bits per heavy atom. The molecule has 0 unspecified atom stereocenters. The van der Waals surface area contributed by atoms with Crippen LogP contribution in [-0.4, -0.2) is 26.7 Å². The van der Waals surface area contributed by atoms with Crippen molar-refractivity contribution in [1.29, 1.82) is 0 Å². The lowest BCUT2D eigenvalue weighted by Gasteiger charge is -2.24. The van der Waals surface area contributed by atoms with Crippen LogP contribution in [0.15, 0.2) is 33.3 Å². The van der Waals surface area contributed by atoms with E-state index >= 15 is 0 Å². The minimum absolute atomic E-state index is 0.281. The minimum atomic E-state index is -0.281. The summed E-state index contributed by atoms with van der Waals surface area (Å²) in [6, 6.07) is 6.43. The van der Waals surface area contributed by atoms with Crippen LogP contribution >= 0.6 is 0 Å². The van der Waals surface area contributed by atoms with Crippen LogP contribution in [0.25, 0.3) is 11.3 Å². The summed E-state index contributed by atoms with van der Waals surface area (Å²) in [6.07, 6.45) is 1.54. The topological polar surface area (TPSA) is 68.2 Å². The van der Waals surface area contributed by atoms with E-state index in [1.807, 2.05) is 6.07 Å². The Hall–Kier alpha value is -2.54. The molecule has 7 heteroatoms.